The van der Waals surface area contributed by atoms with Gasteiger partial charge >= 0.3 is 0 Å². The fraction of sp³-hybridized carbons (Fsp3) is 0.190. The molecule has 1 aromatic heterocycles. The van der Waals surface area contributed by atoms with E-state index in [4.69, 9.17) is 0 Å². The maximum absolute atomic E-state index is 12.2. The SMILES string of the molecule is Cc1cccc(-n2ccnc2SCC(=O)NNC(=O)c2ccc(S(C)(=O)=O)cc2)c1C. The Kier molecular flexibility index (Phi) is 6.81. The van der Waals surface area contributed by atoms with Gasteiger partial charge in [-0.2, -0.15) is 0 Å². The number of rotatable bonds is 6. The van der Waals surface area contributed by atoms with Crippen molar-refractivity contribution in [2.45, 2.75) is 23.9 Å². The van der Waals surface area contributed by atoms with Crippen molar-refractivity contribution in [3.05, 3.63) is 71.5 Å². The first-order chi connectivity index (χ1) is 14.7. The third-order valence-corrected chi connectivity index (χ3v) is 6.73. The number of nitrogens with zero attached hydrogens (tertiary/aromatic N) is 2. The van der Waals surface area contributed by atoms with Gasteiger partial charge in [0, 0.05) is 24.2 Å². The van der Waals surface area contributed by atoms with E-state index in [9.17, 15) is 18.0 Å². The van der Waals surface area contributed by atoms with Gasteiger partial charge in [-0.15, -0.1) is 0 Å². The fourth-order valence-electron chi connectivity index (χ4n) is 2.79. The molecular formula is C21H22N4O4S2. The molecule has 2 amide bonds. The summed E-state index contributed by atoms with van der Waals surface area (Å²) in [6, 6.07) is 11.4. The Morgan fingerprint density at radius 2 is 1.77 bits per heavy atom. The maximum Gasteiger partial charge on any atom is 0.269 e. The summed E-state index contributed by atoms with van der Waals surface area (Å²) in [6.07, 6.45) is 4.60. The van der Waals surface area contributed by atoms with E-state index >= 15 is 0 Å². The van der Waals surface area contributed by atoms with Crippen molar-refractivity contribution in [2.75, 3.05) is 12.0 Å². The Morgan fingerprint density at radius 1 is 1.06 bits per heavy atom. The van der Waals surface area contributed by atoms with E-state index in [2.05, 4.69) is 15.8 Å². The van der Waals surface area contributed by atoms with Crippen LogP contribution in [0.15, 0.2) is 64.9 Å². The Morgan fingerprint density at radius 3 is 2.45 bits per heavy atom. The molecule has 0 aliphatic carbocycles. The molecule has 2 N–H and O–H groups in total. The smallest absolute Gasteiger partial charge is 0.269 e. The van der Waals surface area contributed by atoms with Crippen LogP contribution in [0.1, 0.15) is 21.5 Å². The number of amides is 2. The monoisotopic (exact) mass is 458 g/mol. The highest BCUT2D eigenvalue weighted by molar-refractivity contribution is 7.99. The fourth-order valence-corrected chi connectivity index (χ4v) is 4.19. The number of hydrogen-bond donors (Lipinski definition) is 2. The number of hydrazine groups is 1. The molecule has 3 aromatic rings. The lowest BCUT2D eigenvalue weighted by Crippen LogP contribution is -2.42. The van der Waals surface area contributed by atoms with Crippen LogP contribution in [0.25, 0.3) is 5.69 Å². The zero-order valence-electron chi connectivity index (χ0n) is 17.2. The summed E-state index contributed by atoms with van der Waals surface area (Å²) < 4.78 is 24.9. The minimum Gasteiger partial charge on any atom is -0.295 e. The van der Waals surface area contributed by atoms with Crippen molar-refractivity contribution in [2.24, 2.45) is 0 Å². The van der Waals surface area contributed by atoms with Gasteiger partial charge in [-0.1, -0.05) is 23.9 Å². The van der Waals surface area contributed by atoms with Crippen molar-refractivity contribution in [1.82, 2.24) is 20.4 Å². The average molecular weight is 459 g/mol. The predicted octanol–water partition coefficient (Wildman–Crippen LogP) is 2.45. The molecule has 1 heterocycles. The van der Waals surface area contributed by atoms with Crippen LogP contribution in [0.2, 0.25) is 0 Å². The van der Waals surface area contributed by atoms with Gasteiger partial charge in [0.05, 0.1) is 16.3 Å². The number of nitrogens with one attached hydrogen (secondary N) is 2. The first-order valence-electron chi connectivity index (χ1n) is 9.29. The zero-order valence-corrected chi connectivity index (χ0v) is 18.9. The van der Waals surface area contributed by atoms with Gasteiger partial charge in [0.2, 0.25) is 5.91 Å². The molecule has 0 aliphatic rings. The number of benzene rings is 2. The van der Waals surface area contributed by atoms with Crippen molar-refractivity contribution < 1.29 is 18.0 Å². The highest BCUT2D eigenvalue weighted by Crippen LogP contribution is 2.24. The van der Waals surface area contributed by atoms with E-state index in [-0.39, 0.29) is 16.2 Å². The summed E-state index contributed by atoms with van der Waals surface area (Å²) >= 11 is 1.25. The van der Waals surface area contributed by atoms with Crippen LogP contribution in [-0.2, 0) is 14.6 Å². The summed E-state index contributed by atoms with van der Waals surface area (Å²) in [4.78, 5) is 28.7. The van der Waals surface area contributed by atoms with E-state index in [1.165, 1.54) is 36.0 Å². The molecule has 3 rings (SSSR count). The van der Waals surface area contributed by atoms with Crippen LogP contribution in [0.3, 0.4) is 0 Å². The number of thioether (sulfide) groups is 1. The average Bonchev–Trinajstić information content (AvgIpc) is 3.20. The molecule has 0 aliphatic heterocycles. The molecule has 0 atom stereocenters. The summed E-state index contributed by atoms with van der Waals surface area (Å²) in [5.74, 6) is -0.897. The van der Waals surface area contributed by atoms with Crippen molar-refractivity contribution >= 4 is 33.4 Å². The van der Waals surface area contributed by atoms with Gasteiger partial charge < -0.3 is 0 Å². The van der Waals surface area contributed by atoms with E-state index in [1.54, 1.807) is 6.20 Å². The third kappa shape index (κ3) is 5.53. The molecule has 2 aromatic carbocycles. The minimum atomic E-state index is -3.34. The van der Waals surface area contributed by atoms with E-state index in [0.717, 1.165) is 23.1 Å². The number of carbonyl (C=O) groups is 2. The summed E-state index contributed by atoms with van der Waals surface area (Å²) in [7, 11) is -3.34. The predicted molar refractivity (Wildman–Crippen MR) is 119 cm³/mol. The molecule has 31 heavy (non-hydrogen) atoms. The Labute approximate surface area is 185 Å². The quantitative estimate of drug-likeness (QED) is 0.434. The maximum atomic E-state index is 12.2. The Hall–Kier alpha value is -3.11. The molecule has 10 heteroatoms. The standard InChI is InChI=1S/C21H22N4O4S2/c1-14-5-4-6-18(15(14)2)25-12-11-22-21(25)30-13-19(26)23-24-20(27)16-7-9-17(10-8-16)31(3,28)29/h4-12H,13H2,1-3H3,(H,23,26)(H,24,27). The van der Waals surface area contributed by atoms with Gasteiger partial charge in [0.1, 0.15) is 0 Å². The van der Waals surface area contributed by atoms with Gasteiger partial charge in [-0.05, 0) is 55.3 Å². The molecule has 0 bridgehead atoms. The number of aromatic nitrogens is 2. The normalized spacial score (nSPS) is 11.2. The lowest BCUT2D eigenvalue weighted by Gasteiger charge is -2.12. The number of imidazole rings is 1. The molecule has 0 saturated heterocycles. The van der Waals surface area contributed by atoms with Crippen LogP contribution in [0.4, 0.5) is 0 Å². The lowest BCUT2D eigenvalue weighted by atomic mass is 10.1. The minimum absolute atomic E-state index is 0.0508. The second-order valence-electron chi connectivity index (χ2n) is 6.89. The number of hydrogen-bond acceptors (Lipinski definition) is 6. The van der Waals surface area contributed by atoms with Crippen LogP contribution in [0.5, 0.6) is 0 Å². The second-order valence-corrected chi connectivity index (χ2v) is 9.84. The number of aryl methyl sites for hydroxylation is 1. The Bertz CT molecular complexity index is 1220. The first kappa shape index (κ1) is 22.6. The Balaban J connectivity index is 1.56. The molecular weight excluding hydrogens is 436 g/mol. The third-order valence-electron chi connectivity index (χ3n) is 4.63. The van der Waals surface area contributed by atoms with Crippen LogP contribution >= 0.6 is 11.8 Å². The molecule has 0 fully saturated rings. The van der Waals surface area contributed by atoms with Crippen molar-refractivity contribution in [1.29, 1.82) is 0 Å². The summed E-state index contributed by atoms with van der Waals surface area (Å²) in [5.41, 5.74) is 8.18. The molecule has 0 radical (unpaired) electrons. The van der Waals surface area contributed by atoms with Gasteiger partial charge in [0.25, 0.3) is 5.91 Å². The van der Waals surface area contributed by atoms with Crippen LogP contribution in [0, 0.1) is 13.8 Å². The van der Waals surface area contributed by atoms with Gasteiger partial charge in [-0.3, -0.25) is 25.0 Å². The van der Waals surface area contributed by atoms with Crippen LogP contribution < -0.4 is 10.9 Å². The zero-order chi connectivity index (χ0) is 22.6. The highest BCUT2D eigenvalue weighted by Gasteiger charge is 2.13. The molecule has 8 nitrogen and oxygen atoms in total. The van der Waals surface area contributed by atoms with E-state index < -0.39 is 21.7 Å². The highest BCUT2D eigenvalue weighted by atomic mass is 32.2. The van der Waals surface area contributed by atoms with Crippen LogP contribution in [-0.4, -0.2) is 41.8 Å². The number of sulfone groups is 1. The molecule has 0 unspecified atom stereocenters. The summed E-state index contributed by atoms with van der Waals surface area (Å²) in [6.45, 7) is 4.07. The second kappa shape index (κ2) is 9.36. The molecule has 0 spiro atoms. The van der Waals surface area contributed by atoms with Crippen molar-refractivity contribution in [3.8, 4) is 5.69 Å². The lowest BCUT2D eigenvalue weighted by molar-refractivity contribution is -0.119. The van der Waals surface area contributed by atoms with E-state index in [0.29, 0.717) is 5.16 Å². The number of carbonyl (C=O) groups excluding carboxylic acids is 2. The summed E-state index contributed by atoms with van der Waals surface area (Å²) in [5, 5.41) is 0.659. The van der Waals surface area contributed by atoms with Gasteiger partial charge in [-0.25, -0.2) is 13.4 Å². The molecule has 0 saturated carbocycles. The largest absolute Gasteiger partial charge is 0.295 e. The van der Waals surface area contributed by atoms with Gasteiger partial charge in [0.15, 0.2) is 15.0 Å². The van der Waals surface area contributed by atoms with E-state index in [1.807, 2.05) is 42.8 Å². The topological polar surface area (TPSA) is 110 Å². The first-order valence-corrected chi connectivity index (χ1v) is 12.2. The van der Waals surface area contributed by atoms with Crippen molar-refractivity contribution in [3.63, 3.8) is 0 Å². The molecule has 162 valence electrons.